The molecule has 3 saturated heterocycles. The summed E-state index contributed by atoms with van der Waals surface area (Å²) in [6, 6.07) is 2.07. The molecule has 114 valence electrons. The number of rotatable bonds is 3. The van der Waals surface area contributed by atoms with Crippen LogP contribution in [0.25, 0.3) is 0 Å². The molecule has 4 heterocycles. The number of piperidine rings is 1. The molecule has 2 N–H and O–H groups in total. The lowest BCUT2D eigenvalue weighted by Crippen LogP contribution is -2.57. The summed E-state index contributed by atoms with van der Waals surface area (Å²) in [7, 11) is 0. The van der Waals surface area contributed by atoms with E-state index in [0.29, 0.717) is 6.10 Å². The number of carbonyl (C=O) groups is 1. The predicted molar refractivity (Wildman–Crippen MR) is 76.7 cm³/mol. The summed E-state index contributed by atoms with van der Waals surface area (Å²) >= 11 is 0. The number of nitrogens with one attached hydrogen (secondary N) is 2. The van der Waals surface area contributed by atoms with Gasteiger partial charge in [0.25, 0.3) is 0 Å². The Morgan fingerprint density at radius 1 is 1.38 bits per heavy atom. The quantitative estimate of drug-likeness (QED) is 0.845. The minimum atomic E-state index is -0.545. The number of fused-ring (bicyclic) bond motifs is 2. The van der Waals surface area contributed by atoms with E-state index in [4.69, 9.17) is 4.74 Å². The highest BCUT2D eigenvalue weighted by molar-refractivity contribution is 5.85. The van der Waals surface area contributed by atoms with Gasteiger partial charge in [-0.1, -0.05) is 0 Å². The van der Waals surface area contributed by atoms with E-state index < -0.39 is 5.54 Å². The monoisotopic (exact) mass is 290 g/mol. The molecule has 21 heavy (non-hydrogen) atoms. The van der Waals surface area contributed by atoms with Gasteiger partial charge in [-0.05, 0) is 51.3 Å². The fraction of sp³-hybridized carbons (Fsp3) is 0.733. The van der Waals surface area contributed by atoms with Crippen molar-refractivity contribution >= 4 is 5.91 Å². The average molecular weight is 290 g/mol. The highest BCUT2D eigenvalue weighted by Gasteiger charge is 2.46. The van der Waals surface area contributed by atoms with Gasteiger partial charge in [-0.25, -0.2) is 0 Å². The van der Waals surface area contributed by atoms with Gasteiger partial charge >= 0.3 is 0 Å². The standard InChI is InChI=1S/C15H22N4O2/c20-14(18-12-10-11-2-3-13(12)21-11)15(4-7-16-8-5-15)19-9-1-6-17-19/h1,6,9,11-13,16H,2-5,7-8,10H2,(H,18,20)/t11-,12-,13+/m1/s1. The second-order valence-electron chi connectivity index (χ2n) is 6.42. The van der Waals surface area contributed by atoms with E-state index in [-0.39, 0.29) is 18.1 Å². The maximum Gasteiger partial charge on any atom is 0.248 e. The summed E-state index contributed by atoms with van der Waals surface area (Å²) in [4.78, 5) is 13.0. The summed E-state index contributed by atoms with van der Waals surface area (Å²) in [5.74, 6) is 0.105. The molecule has 6 heteroatoms. The van der Waals surface area contributed by atoms with E-state index in [0.717, 1.165) is 45.2 Å². The Labute approximate surface area is 124 Å². The number of nitrogens with zero attached hydrogens (tertiary/aromatic N) is 2. The zero-order chi connectivity index (χ0) is 14.3. The fourth-order valence-corrected chi connectivity index (χ4v) is 4.02. The van der Waals surface area contributed by atoms with E-state index in [9.17, 15) is 4.79 Å². The molecule has 0 aliphatic carbocycles. The van der Waals surface area contributed by atoms with E-state index in [1.807, 2.05) is 16.9 Å². The van der Waals surface area contributed by atoms with Crippen LogP contribution in [0.3, 0.4) is 0 Å². The lowest BCUT2D eigenvalue weighted by atomic mass is 9.86. The molecule has 0 aromatic carbocycles. The van der Waals surface area contributed by atoms with E-state index in [2.05, 4.69) is 15.7 Å². The molecule has 0 unspecified atom stereocenters. The number of amides is 1. The first kappa shape index (κ1) is 13.3. The van der Waals surface area contributed by atoms with Crippen LogP contribution in [0.2, 0.25) is 0 Å². The Morgan fingerprint density at radius 3 is 2.86 bits per heavy atom. The third kappa shape index (κ3) is 2.17. The Hall–Kier alpha value is -1.40. The minimum absolute atomic E-state index is 0.105. The molecular weight excluding hydrogens is 268 g/mol. The van der Waals surface area contributed by atoms with Crippen LogP contribution in [0, 0.1) is 0 Å². The van der Waals surface area contributed by atoms with Crippen LogP contribution in [-0.2, 0) is 15.1 Å². The molecule has 3 aliphatic rings. The normalized spacial score (nSPS) is 34.0. The largest absolute Gasteiger partial charge is 0.373 e. The number of hydrogen-bond acceptors (Lipinski definition) is 4. The Kier molecular flexibility index (Phi) is 3.23. The van der Waals surface area contributed by atoms with Gasteiger partial charge in [-0.3, -0.25) is 9.48 Å². The van der Waals surface area contributed by atoms with Crippen molar-refractivity contribution in [2.75, 3.05) is 13.1 Å². The molecule has 6 nitrogen and oxygen atoms in total. The third-order valence-electron chi connectivity index (χ3n) is 5.22. The maximum absolute atomic E-state index is 13.0. The van der Waals surface area contributed by atoms with Crippen LogP contribution in [0.4, 0.5) is 0 Å². The van der Waals surface area contributed by atoms with Crippen molar-refractivity contribution in [3.63, 3.8) is 0 Å². The number of aromatic nitrogens is 2. The minimum Gasteiger partial charge on any atom is -0.373 e. The average Bonchev–Trinajstić information content (AvgIpc) is 3.25. The van der Waals surface area contributed by atoms with Crippen molar-refractivity contribution in [3.05, 3.63) is 18.5 Å². The van der Waals surface area contributed by atoms with Gasteiger partial charge in [0.05, 0.1) is 18.2 Å². The molecule has 3 aliphatic heterocycles. The van der Waals surface area contributed by atoms with Crippen molar-refractivity contribution in [3.8, 4) is 0 Å². The highest BCUT2D eigenvalue weighted by atomic mass is 16.5. The van der Waals surface area contributed by atoms with Crippen molar-refractivity contribution < 1.29 is 9.53 Å². The molecule has 2 bridgehead atoms. The Balaban J connectivity index is 1.54. The fourth-order valence-electron chi connectivity index (χ4n) is 4.02. The maximum atomic E-state index is 13.0. The summed E-state index contributed by atoms with van der Waals surface area (Å²) in [5.41, 5.74) is -0.545. The molecule has 3 atom stereocenters. The van der Waals surface area contributed by atoms with Crippen molar-refractivity contribution in [2.24, 2.45) is 0 Å². The van der Waals surface area contributed by atoms with Crippen LogP contribution >= 0.6 is 0 Å². The first-order chi connectivity index (χ1) is 10.3. The Bertz CT molecular complexity index is 510. The second kappa shape index (κ2) is 5.10. The van der Waals surface area contributed by atoms with Crippen LogP contribution in [-0.4, -0.2) is 47.0 Å². The van der Waals surface area contributed by atoms with Gasteiger partial charge in [0, 0.05) is 12.4 Å². The number of hydrogen-bond donors (Lipinski definition) is 2. The number of ether oxygens (including phenoxy) is 1. The molecule has 3 fully saturated rings. The van der Waals surface area contributed by atoms with E-state index in [1.165, 1.54) is 0 Å². The summed E-state index contributed by atoms with van der Waals surface area (Å²) < 4.78 is 7.69. The molecule has 0 saturated carbocycles. The summed E-state index contributed by atoms with van der Waals surface area (Å²) in [5, 5.41) is 10.9. The zero-order valence-electron chi connectivity index (χ0n) is 12.1. The highest BCUT2D eigenvalue weighted by Crippen LogP contribution is 2.35. The Morgan fingerprint density at radius 2 is 2.24 bits per heavy atom. The predicted octanol–water partition coefficient (Wildman–Crippen LogP) is 0.398. The van der Waals surface area contributed by atoms with Gasteiger partial charge in [-0.15, -0.1) is 0 Å². The van der Waals surface area contributed by atoms with Gasteiger partial charge in [0.1, 0.15) is 5.54 Å². The van der Waals surface area contributed by atoms with E-state index in [1.54, 1.807) is 6.20 Å². The molecule has 1 aromatic rings. The molecule has 1 amide bonds. The molecule has 0 spiro atoms. The van der Waals surface area contributed by atoms with Crippen LogP contribution in [0.5, 0.6) is 0 Å². The van der Waals surface area contributed by atoms with Crippen LogP contribution < -0.4 is 10.6 Å². The first-order valence-electron chi connectivity index (χ1n) is 7.95. The lowest BCUT2D eigenvalue weighted by Gasteiger charge is -2.37. The van der Waals surface area contributed by atoms with Crippen molar-refractivity contribution in [1.82, 2.24) is 20.4 Å². The van der Waals surface area contributed by atoms with Gasteiger partial charge < -0.3 is 15.4 Å². The smallest absolute Gasteiger partial charge is 0.248 e. The molecular formula is C15H22N4O2. The van der Waals surface area contributed by atoms with Crippen molar-refractivity contribution in [2.45, 2.75) is 55.9 Å². The summed E-state index contributed by atoms with van der Waals surface area (Å²) in [6.07, 6.45) is 8.97. The molecule has 4 rings (SSSR count). The van der Waals surface area contributed by atoms with Gasteiger partial charge in [0.2, 0.25) is 5.91 Å². The number of carbonyl (C=O) groups excluding carboxylic acids is 1. The van der Waals surface area contributed by atoms with Crippen LogP contribution in [0.15, 0.2) is 18.5 Å². The first-order valence-corrected chi connectivity index (χ1v) is 7.95. The molecule has 1 aromatic heterocycles. The van der Waals surface area contributed by atoms with Crippen LogP contribution in [0.1, 0.15) is 32.1 Å². The topological polar surface area (TPSA) is 68.2 Å². The SMILES string of the molecule is O=C(N[C@@H]1C[C@H]2CC[C@@H]1O2)C1(n2cccn2)CCNCC1. The second-order valence-corrected chi connectivity index (χ2v) is 6.42. The van der Waals surface area contributed by atoms with Gasteiger partial charge in [0.15, 0.2) is 0 Å². The lowest BCUT2D eigenvalue weighted by molar-refractivity contribution is -0.133. The zero-order valence-corrected chi connectivity index (χ0v) is 12.1. The summed E-state index contributed by atoms with van der Waals surface area (Å²) in [6.45, 7) is 1.70. The van der Waals surface area contributed by atoms with Crippen molar-refractivity contribution in [1.29, 1.82) is 0 Å². The third-order valence-corrected chi connectivity index (χ3v) is 5.22. The van der Waals surface area contributed by atoms with E-state index >= 15 is 0 Å². The van der Waals surface area contributed by atoms with Gasteiger partial charge in [-0.2, -0.15) is 5.10 Å². The molecule has 0 radical (unpaired) electrons.